The molecule has 48 heavy (non-hydrogen) atoms. The van der Waals surface area contributed by atoms with Crippen LogP contribution in [0.3, 0.4) is 0 Å². The lowest BCUT2D eigenvalue weighted by Crippen LogP contribution is -2.28. The zero-order valence-corrected chi connectivity index (χ0v) is 27.0. The minimum Gasteiger partial charge on any atom is -0.490 e. The van der Waals surface area contributed by atoms with Gasteiger partial charge < -0.3 is 19.8 Å². The van der Waals surface area contributed by atoms with Crippen LogP contribution in [0.1, 0.15) is 53.6 Å². The van der Waals surface area contributed by atoms with Gasteiger partial charge in [0, 0.05) is 34.3 Å². The normalized spacial score (nSPS) is 14.1. The second kappa shape index (κ2) is 14.7. The number of nitrogens with one attached hydrogen (secondary N) is 2. The lowest BCUT2D eigenvalue weighted by atomic mass is 9.97. The van der Waals surface area contributed by atoms with Crippen molar-refractivity contribution in [3.63, 3.8) is 0 Å². The van der Waals surface area contributed by atoms with E-state index >= 15 is 0 Å². The fourth-order valence-corrected chi connectivity index (χ4v) is 6.06. The average molecular weight is 665 g/mol. The highest BCUT2D eigenvalue weighted by molar-refractivity contribution is 7.85. The van der Waals surface area contributed by atoms with Crippen LogP contribution in [-0.2, 0) is 14.9 Å². The molecule has 0 saturated heterocycles. The molecule has 10 heteroatoms. The third kappa shape index (κ3) is 8.58. The number of carbonyl (C=O) groups is 2. The fraction of sp³-hybridized carbons (Fsp3) is 0.211. The molecule has 4 aromatic carbocycles. The van der Waals surface area contributed by atoms with Crippen molar-refractivity contribution < 1.29 is 31.7 Å². The van der Waals surface area contributed by atoms with Gasteiger partial charge in [0.15, 0.2) is 0 Å². The molecule has 6 rings (SSSR count). The zero-order valence-electron chi connectivity index (χ0n) is 26.2. The predicted molar refractivity (Wildman–Crippen MR) is 187 cm³/mol. The van der Waals surface area contributed by atoms with E-state index in [1.807, 2.05) is 78.9 Å². The van der Waals surface area contributed by atoms with Gasteiger partial charge in [-0.1, -0.05) is 48.9 Å². The Hall–Kier alpha value is -5.19. The van der Waals surface area contributed by atoms with Gasteiger partial charge in [0.05, 0.1) is 11.9 Å². The van der Waals surface area contributed by atoms with Gasteiger partial charge in [-0.3, -0.25) is 14.1 Å². The maximum absolute atomic E-state index is 13.8. The largest absolute Gasteiger partial charge is 0.490 e. The molecule has 1 heterocycles. The summed E-state index contributed by atoms with van der Waals surface area (Å²) in [6.45, 7) is -0.219. The molecule has 0 unspecified atom stereocenters. The highest BCUT2D eigenvalue weighted by atomic mass is 32.2. The number of hydrogen-bond donors (Lipinski definition) is 3. The van der Waals surface area contributed by atoms with E-state index in [2.05, 4.69) is 10.6 Å². The number of carbonyl (C=O) groups excluding carboxylic acids is 2. The Morgan fingerprint density at radius 2 is 1.54 bits per heavy atom. The van der Waals surface area contributed by atoms with Gasteiger partial charge in [-0.15, -0.1) is 0 Å². The van der Waals surface area contributed by atoms with E-state index < -0.39 is 21.8 Å². The first-order valence-corrected chi connectivity index (χ1v) is 17.5. The van der Waals surface area contributed by atoms with Crippen LogP contribution < -0.4 is 15.4 Å². The Labute approximate surface area is 279 Å². The molecular weight excluding hydrogens is 628 g/mol. The van der Waals surface area contributed by atoms with E-state index in [1.54, 1.807) is 30.3 Å². The standard InChI is InChI=1S/C38H36N2O7S/c41-37(39-22-23-48(43,44)45)29-12-10-26(11-13-29)24-34(27-16-20-33(21-17-27)46-32-7-2-1-3-8-32)38(42)40-31-18-14-28(15-19-31)36-25-30-6-4-5-9-35(30)47-36/h4-6,9-21,24-25,32H,1-3,7-8,22-23H2,(H,39,41)(H,40,42)(H,43,44,45)/b34-24-. The number of rotatable bonds is 11. The van der Waals surface area contributed by atoms with Crippen LogP contribution in [0.15, 0.2) is 108 Å². The van der Waals surface area contributed by atoms with Gasteiger partial charge in [-0.05, 0) is 104 Å². The van der Waals surface area contributed by atoms with Crippen molar-refractivity contribution in [2.75, 3.05) is 17.6 Å². The number of hydrogen-bond acceptors (Lipinski definition) is 6. The van der Waals surface area contributed by atoms with Gasteiger partial charge in [0.2, 0.25) is 0 Å². The molecule has 0 bridgehead atoms. The van der Waals surface area contributed by atoms with Crippen molar-refractivity contribution >= 4 is 50.2 Å². The summed E-state index contributed by atoms with van der Waals surface area (Å²) in [6.07, 6.45) is 7.60. The molecule has 1 aromatic heterocycles. The van der Waals surface area contributed by atoms with E-state index in [4.69, 9.17) is 13.7 Å². The summed E-state index contributed by atoms with van der Waals surface area (Å²) in [6, 6.07) is 31.3. The number of ether oxygens (including phenoxy) is 1. The van der Waals surface area contributed by atoms with E-state index in [1.165, 1.54) is 19.3 Å². The van der Waals surface area contributed by atoms with Crippen LogP contribution in [0.5, 0.6) is 5.75 Å². The highest BCUT2D eigenvalue weighted by Gasteiger charge is 2.17. The Morgan fingerprint density at radius 3 is 2.23 bits per heavy atom. The first-order valence-electron chi connectivity index (χ1n) is 15.9. The van der Waals surface area contributed by atoms with Crippen LogP contribution >= 0.6 is 0 Å². The van der Waals surface area contributed by atoms with Crippen LogP contribution in [0.2, 0.25) is 0 Å². The Morgan fingerprint density at radius 1 is 0.854 bits per heavy atom. The van der Waals surface area contributed by atoms with Crippen LogP contribution in [-0.4, -0.2) is 43.2 Å². The molecule has 0 spiro atoms. The second-order valence-electron chi connectivity index (χ2n) is 11.8. The smallest absolute Gasteiger partial charge is 0.266 e. The third-order valence-corrected chi connectivity index (χ3v) is 8.97. The first-order chi connectivity index (χ1) is 23.2. The minimum absolute atomic E-state index is 0.203. The molecular formula is C38H36N2O7S. The van der Waals surface area contributed by atoms with Gasteiger partial charge in [0.1, 0.15) is 17.1 Å². The molecule has 0 atom stereocenters. The molecule has 5 aromatic rings. The summed E-state index contributed by atoms with van der Waals surface area (Å²) >= 11 is 0. The van der Waals surface area contributed by atoms with Gasteiger partial charge in [0.25, 0.3) is 21.9 Å². The molecule has 1 aliphatic rings. The van der Waals surface area contributed by atoms with E-state index in [-0.39, 0.29) is 18.6 Å². The van der Waals surface area contributed by atoms with E-state index in [0.29, 0.717) is 28.0 Å². The molecule has 1 aliphatic carbocycles. The van der Waals surface area contributed by atoms with Crippen LogP contribution in [0.4, 0.5) is 5.69 Å². The number of para-hydroxylation sites is 1. The summed E-state index contributed by atoms with van der Waals surface area (Å²) < 4.78 is 43.0. The Kier molecular flexibility index (Phi) is 10.0. The number of fused-ring (bicyclic) bond motifs is 1. The Balaban J connectivity index is 1.21. The molecule has 3 N–H and O–H groups in total. The van der Waals surface area contributed by atoms with Crippen molar-refractivity contribution in [3.8, 4) is 17.1 Å². The van der Waals surface area contributed by atoms with Crippen molar-refractivity contribution in [1.82, 2.24) is 5.32 Å². The molecule has 2 amide bonds. The number of amides is 2. The summed E-state index contributed by atoms with van der Waals surface area (Å²) in [7, 11) is -4.18. The SMILES string of the molecule is O=C(Nc1ccc(-c2cc3ccccc3o2)cc1)/C(=C\c1ccc(C(=O)NCCS(=O)(=O)O)cc1)c1ccc(OC2CCCCC2)cc1. The molecule has 1 fully saturated rings. The molecule has 0 radical (unpaired) electrons. The topological polar surface area (TPSA) is 135 Å². The van der Waals surface area contributed by atoms with Crippen molar-refractivity contribution in [1.29, 1.82) is 0 Å². The quantitative estimate of drug-likeness (QED) is 0.0752. The van der Waals surface area contributed by atoms with Gasteiger partial charge in [-0.2, -0.15) is 8.42 Å². The third-order valence-electron chi connectivity index (χ3n) is 8.25. The summed E-state index contributed by atoms with van der Waals surface area (Å²) in [5.41, 5.74) is 4.39. The molecule has 9 nitrogen and oxygen atoms in total. The molecule has 1 saturated carbocycles. The highest BCUT2D eigenvalue weighted by Crippen LogP contribution is 2.30. The first kappa shape index (κ1) is 32.7. The number of furan rings is 1. The van der Waals surface area contributed by atoms with Crippen molar-refractivity contribution in [2.24, 2.45) is 0 Å². The summed E-state index contributed by atoms with van der Waals surface area (Å²) in [4.78, 5) is 26.2. The second-order valence-corrected chi connectivity index (χ2v) is 13.4. The van der Waals surface area contributed by atoms with Crippen LogP contribution in [0.25, 0.3) is 33.9 Å². The Bertz CT molecular complexity index is 1990. The lowest BCUT2D eigenvalue weighted by molar-refractivity contribution is -0.111. The minimum atomic E-state index is -4.18. The lowest BCUT2D eigenvalue weighted by Gasteiger charge is -2.23. The maximum atomic E-state index is 13.8. The number of benzene rings is 4. The molecule has 0 aliphatic heterocycles. The van der Waals surface area contributed by atoms with E-state index in [9.17, 15) is 18.0 Å². The monoisotopic (exact) mass is 664 g/mol. The predicted octanol–water partition coefficient (Wildman–Crippen LogP) is 7.61. The maximum Gasteiger partial charge on any atom is 0.266 e. The average Bonchev–Trinajstić information content (AvgIpc) is 3.53. The molecule has 246 valence electrons. The number of anilines is 1. The van der Waals surface area contributed by atoms with Gasteiger partial charge >= 0.3 is 0 Å². The van der Waals surface area contributed by atoms with Crippen molar-refractivity contribution in [2.45, 2.75) is 38.2 Å². The zero-order chi connectivity index (χ0) is 33.5. The van der Waals surface area contributed by atoms with Crippen molar-refractivity contribution in [3.05, 3.63) is 120 Å². The summed E-state index contributed by atoms with van der Waals surface area (Å²) in [5, 5.41) is 6.49. The van der Waals surface area contributed by atoms with Gasteiger partial charge in [-0.25, -0.2) is 0 Å². The summed E-state index contributed by atoms with van der Waals surface area (Å²) in [5.74, 6) is 0.119. The van der Waals surface area contributed by atoms with E-state index in [0.717, 1.165) is 40.9 Å². The van der Waals surface area contributed by atoms with Crippen LogP contribution in [0, 0.1) is 0 Å². The fourth-order valence-electron chi connectivity index (χ4n) is 5.70.